The normalized spacial score (nSPS) is 10.7. The lowest BCUT2D eigenvalue weighted by Gasteiger charge is -2.30. The zero-order chi connectivity index (χ0) is 13.5. The molecule has 0 aliphatic heterocycles. The van der Waals surface area contributed by atoms with Gasteiger partial charge in [-0.1, -0.05) is 29.8 Å². The van der Waals surface area contributed by atoms with Gasteiger partial charge in [-0.05, 0) is 31.9 Å². The number of halogens is 1. The van der Waals surface area contributed by atoms with Gasteiger partial charge in [0, 0.05) is 29.8 Å². The molecule has 0 atom stereocenters. The lowest BCUT2D eigenvalue weighted by atomic mass is 10.1. The average Bonchev–Trinajstić information content (AvgIpc) is 2.39. The van der Waals surface area contributed by atoms with E-state index in [0.29, 0.717) is 11.6 Å². The van der Waals surface area contributed by atoms with E-state index in [9.17, 15) is 4.79 Å². The van der Waals surface area contributed by atoms with E-state index in [0.717, 1.165) is 30.4 Å². The molecule has 0 bridgehead atoms. The van der Waals surface area contributed by atoms with E-state index in [2.05, 4.69) is 34.8 Å². The maximum atomic E-state index is 12.6. The number of aryl methyl sites for hydroxylation is 1. The van der Waals surface area contributed by atoms with Crippen LogP contribution < -0.4 is 0 Å². The zero-order valence-electron chi connectivity index (χ0n) is 11.3. The van der Waals surface area contributed by atoms with Crippen LogP contribution in [0.25, 0.3) is 0 Å². The van der Waals surface area contributed by atoms with Crippen molar-refractivity contribution in [2.45, 2.75) is 39.7 Å². The monoisotopic (exact) mass is 312 g/mol. The Kier molecular flexibility index (Phi) is 6.33. The first-order valence-corrected chi connectivity index (χ1v) is 7.56. The van der Waals surface area contributed by atoms with Gasteiger partial charge < -0.3 is 4.90 Å². The quantitative estimate of drug-likeness (QED) is 0.754. The number of hydrogen-bond donors (Lipinski definition) is 0. The van der Waals surface area contributed by atoms with Crippen LogP contribution in [0.3, 0.4) is 0 Å². The molecule has 0 N–H and O–H groups in total. The highest BCUT2D eigenvalue weighted by atomic mass is 79.9. The minimum atomic E-state index is 0.0914. The standard InChI is InChI=1S/C14H21BrN2O/c1-4-12(5-2)17(10-8-15)14(18)13-7-6-9-16-11(13)3/h6-7,9,12H,4-5,8,10H2,1-3H3. The third-order valence-corrected chi connectivity index (χ3v) is 3.56. The summed E-state index contributed by atoms with van der Waals surface area (Å²) in [6.07, 6.45) is 3.68. The van der Waals surface area contributed by atoms with Gasteiger partial charge in [-0.25, -0.2) is 0 Å². The predicted molar refractivity (Wildman–Crippen MR) is 78.2 cm³/mol. The van der Waals surface area contributed by atoms with E-state index in [-0.39, 0.29) is 5.91 Å². The molecule has 0 saturated heterocycles. The van der Waals surface area contributed by atoms with Crippen LogP contribution in [0.1, 0.15) is 42.7 Å². The van der Waals surface area contributed by atoms with Crippen LogP contribution >= 0.6 is 15.9 Å². The Balaban J connectivity index is 2.99. The molecule has 100 valence electrons. The Morgan fingerprint density at radius 1 is 1.44 bits per heavy atom. The summed E-state index contributed by atoms with van der Waals surface area (Å²) >= 11 is 3.43. The third-order valence-electron chi connectivity index (χ3n) is 3.21. The molecular weight excluding hydrogens is 292 g/mol. The SMILES string of the molecule is CCC(CC)N(CCBr)C(=O)c1cccnc1C. The Morgan fingerprint density at radius 3 is 2.61 bits per heavy atom. The van der Waals surface area contributed by atoms with Crippen molar-refractivity contribution in [3.05, 3.63) is 29.6 Å². The first-order valence-electron chi connectivity index (χ1n) is 6.44. The van der Waals surface area contributed by atoms with Crippen molar-refractivity contribution in [2.24, 2.45) is 0 Å². The van der Waals surface area contributed by atoms with Crippen molar-refractivity contribution in [1.82, 2.24) is 9.88 Å². The number of alkyl halides is 1. The number of carbonyl (C=O) groups is 1. The molecule has 1 heterocycles. The molecule has 0 spiro atoms. The Hall–Kier alpha value is -0.900. The predicted octanol–water partition coefficient (Wildman–Crippen LogP) is 3.42. The van der Waals surface area contributed by atoms with E-state index in [1.807, 2.05) is 24.0 Å². The van der Waals surface area contributed by atoms with Crippen LogP contribution in [-0.4, -0.2) is 33.7 Å². The Bertz CT molecular complexity index is 391. The summed E-state index contributed by atoms with van der Waals surface area (Å²) in [4.78, 5) is 18.7. The van der Waals surface area contributed by atoms with E-state index in [1.165, 1.54) is 0 Å². The fourth-order valence-corrected chi connectivity index (χ4v) is 2.52. The van der Waals surface area contributed by atoms with Crippen molar-refractivity contribution in [3.8, 4) is 0 Å². The largest absolute Gasteiger partial charge is 0.335 e. The van der Waals surface area contributed by atoms with Gasteiger partial charge in [-0.2, -0.15) is 0 Å². The molecule has 0 radical (unpaired) electrons. The van der Waals surface area contributed by atoms with Crippen molar-refractivity contribution >= 4 is 21.8 Å². The summed E-state index contributed by atoms with van der Waals surface area (Å²) in [5.41, 5.74) is 1.51. The summed E-state index contributed by atoms with van der Waals surface area (Å²) in [5, 5.41) is 0.800. The Labute approximate surface area is 118 Å². The van der Waals surface area contributed by atoms with Gasteiger partial charge in [-0.3, -0.25) is 9.78 Å². The molecule has 1 rings (SSSR count). The van der Waals surface area contributed by atoms with Crippen LogP contribution in [-0.2, 0) is 0 Å². The maximum absolute atomic E-state index is 12.6. The summed E-state index contributed by atoms with van der Waals surface area (Å²) in [6, 6.07) is 3.97. The lowest BCUT2D eigenvalue weighted by molar-refractivity contribution is 0.0681. The number of hydrogen-bond acceptors (Lipinski definition) is 2. The first-order chi connectivity index (χ1) is 8.65. The topological polar surface area (TPSA) is 33.2 Å². The van der Waals surface area contributed by atoms with E-state index >= 15 is 0 Å². The second-order valence-corrected chi connectivity index (χ2v) is 5.09. The van der Waals surface area contributed by atoms with Gasteiger partial charge in [0.2, 0.25) is 0 Å². The first kappa shape index (κ1) is 15.2. The highest BCUT2D eigenvalue weighted by molar-refractivity contribution is 9.09. The second-order valence-electron chi connectivity index (χ2n) is 4.29. The molecule has 1 amide bonds. The molecule has 1 aromatic heterocycles. The number of amides is 1. The van der Waals surface area contributed by atoms with Crippen molar-refractivity contribution < 1.29 is 4.79 Å². The van der Waals surface area contributed by atoms with Crippen LogP contribution in [0.5, 0.6) is 0 Å². The lowest BCUT2D eigenvalue weighted by Crippen LogP contribution is -2.41. The number of nitrogens with zero attached hydrogens (tertiary/aromatic N) is 2. The molecular formula is C14H21BrN2O. The molecule has 3 nitrogen and oxygen atoms in total. The number of pyridine rings is 1. The number of carbonyl (C=O) groups excluding carboxylic acids is 1. The average molecular weight is 313 g/mol. The van der Waals surface area contributed by atoms with Crippen molar-refractivity contribution in [3.63, 3.8) is 0 Å². The summed E-state index contributed by atoms with van der Waals surface area (Å²) in [6.45, 7) is 6.86. The summed E-state index contributed by atoms with van der Waals surface area (Å²) in [7, 11) is 0. The molecule has 0 fully saturated rings. The Morgan fingerprint density at radius 2 is 2.11 bits per heavy atom. The van der Waals surface area contributed by atoms with E-state index in [1.54, 1.807) is 6.20 Å². The molecule has 18 heavy (non-hydrogen) atoms. The van der Waals surface area contributed by atoms with Gasteiger partial charge in [0.25, 0.3) is 5.91 Å². The molecule has 0 aliphatic carbocycles. The van der Waals surface area contributed by atoms with Gasteiger partial charge in [0.15, 0.2) is 0 Å². The second kappa shape index (κ2) is 7.52. The number of rotatable bonds is 6. The zero-order valence-corrected chi connectivity index (χ0v) is 12.9. The van der Waals surface area contributed by atoms with Crippen LogP contribution in [0.2, 0.25) is 0 Å². The fraction of sp³-hybridized carbons (Fsp3) is 0.571. The highest BCUT2D eigenvalue weighted by Crippen LogP contribution is 2.15. The molecule has 0 aromatic carbocycles. The van der Waals surface area contributed by atoms with E-state index < -0.39 is 0 Å². The molecule has 0 unspecified atom stereocenters. The third kappa shape index (κ3) is 3.55. The summed E-state index contributed by atoms with van der Waals surface area (Å²) < 4.78 is 0. The highest BCUT2D eigenvalue weighted by Gasteiger charge is 2.23. The van der Waals surface area contributed by atoms with E-state index in [4.69, 9.17) is 0 Å². The van der Waals surface area contributed by atoms with Crippen molar-refractivity contribution in [1.29, 1.82) is 0 Å². The van der Waals surface area contributed by atoms with Gasteiger partial charge >= 0.3 is 0 Å². The van der Waals surface area contributed by atoms with Crippen LogP contribution in [0.15, 0.2) is 18.3 Å². The van der Waals surface area contributed by atoms with Gasteiger partial charge in [0.1, 0.15) is 0 Å². The van der Waals surface area contributed by atoms with Crippen LogP contribution in [0, 0.1) is 6.92 Å². The smallest absolute Gasteiger partial charge is 0.255 e. The van der Waals surface area contributed by atoms with Gasteiger partial charge in [-0.15, -0.1) is 0 Å². The molecule has 0 aliphatic rings. The summed E-state index contributed by atoms with van der Waals surface area (Å²) in [5.74, 6) is 0.0914. The molecule has 1 aromatic rings. The minimum Gasteiger partial charge on any atom is -0.335 e. The minimum absolute atomic E-state index is 0.0914. The maximum Gasteiger partial charge on any atom is 0.255 e. The van der Waals surface area contributed by atoms with Gasteiger partial charge in [0.05, 0.1) is 5.56 Å². The fourth-order valence-electron chi connectivity index (χ4n) is 2.14. The van der Waals surface area contributed by atoms with Crippen LogP contribution in [0.4, 0.5) is 0 Å². The molecule has 0 saturated carbocycles. The van der Waals surface area contributed by atoms with Crippen molar-refractivity contribution in [2.75, 3.05) is 11.9 Å². The molecule has 4 heteroatoms. The number of aromatic nitrogens is 1.